The molecule has 1 fully saturated rings. The first-order valence-corrected chi connectivity index (χ1v) is 10.1. The maximum atomic E-state index is 14.1. The van der Waals surface area contributed by atoms with Gasteiger partial charge in [-0.15, -0.1) is 0 Å². The number of amides is 1. The molecule has 29 heavy (non-hydrogen) atoms. The molecule has 1 aliphatic heterocycles. The molecular weight excluding hydrogens is 398 g/mol. The standard InChI is InChI=1S/C22H21ClF2N2O2/c23-19-7-2-1-4-15(19)12-27(22(28)14-5-3-6-14)13-17-11-21(26-29-17)18-9-8-16(24)10-20(18)25/h1-2,4,7-10,14,17H,3,5-6,11-13H2. The second kappa shape index (κ2) is 8.49. The van der Waals surface area contributed by atoms with Crippen molar-refractivity contribution >= 4 is 23.2 Å². The van der Waals surface area contributed by atoms with Crippen LogP contribution in [0.4, 0.5) is 8.78 Å². The van der Waals surface area contributed by atoms with Crippen molar-refractivity contribution in [3.8, 4) is 0 Å². The minimum atomic E-state index is -0.675. The van der Waals surface area contributed by atoms with Crippen LogP contribution in [0.2, 0.25) is 5.02 Å². The third-order valence-electron chi connectivity index (χ3n) is 5.48. The Hall–Kier alpha value is -2.47. The van der Waals surface area contributed by atoms with Crippen LogP contribution in [0.1, 0.15) is 36.8 Å². The fourth-order valence-electron chi connectivity index (χ4n) is 3.63. The summed E-state index contributed by atoms with van der Waals surface area (Å²) in [5, 5.41) is 4.59. The molecule has 1 aliphatic carbocycles. The lowest BCUT2D eigenvalue weighted by Gasteiger charge is -2.33. The van der Waals surface area contributed by atoms with Gasteiger partial charge in [0.15, 0.2) is 6.10 Å². The number of rotatable bonds is 6. The number of halogens is 3. The van der Waals surface area contributed by atoms with Crippen molar-refractivity contribution in [1.82, 2.24) is 4.90 Å². The Balaban J connectivity index is 1.46. The molecule has 4 rings (SSSR count). The van der Waals surface area contributed by atoms with E-state index in [2.05, 4.69) is 5.16 Å². The van der Waals surface area contributed by atoms with Crippen LogP contribution in [-0.2, 0) is 16.2 Å². The van der Waals surface area contributed by atoms with E-state index >= 15 is 0 Å². The number of carbonyl (C=O) groups excluding carboxylic acids is 1. The third-order valence-corrected chi connectivity index (χ3v) is 5.85. The maximum absolute atomic E-state index is 14.1. The average Bonchev–Trinajstić information content (AvgIpc) is 3.09. The van der Waals surface area contributed by atoms with Crippen LogP contribution in [0.3, 0.4) is 0 Å². The van der Waals surface area contributed by atoms with Gasteiger partial charge >= 0.3 is 0 Å². The molecule has 1 saturated carbocycles. The molecule has 1 heterocycles. The Morgan fingerprint density at radius 1 is 1.21 bits per heavy atom. The van der Waals surface area contributed by atoms with Gasteiger partial charge in [-0.1, -0.05) is 41.4 Å². The lowest BCUT2D eigenvalue weighted by Crippen LogP contribution is -2.42. The van der Waals surface area contributed by atoms with Gasteiger partial charge in [-0.05, 0) is 36.6 Å². The molecule has 2 aliphatic rings. The fraction of sp³-hybridized carbons (Fsp3) is 0.364. The molecule has 0 bridgehead atoms. The van der Waals surface area contributed by atoms with E-state index in [0.29, 0.717) is 30.2 Å². The molecule has 1 amide bonds. The Kier molecular flexibility index (Phi) is 5.81. The molecule has 2 aromatic carbocycles. The molecule has 152 valence electrons. The highest BCUT2D eigenvalue weighted by molar-refractivity contribution is 6.31. The summed E-state index contributed by atoms with van der Waals surface area (Å²) in [6, 6.07) is 10.8. The minimum absolute atomic E-state index is 0.0359. The van der Waals surface area contributed by atoms with E-state index < -0.39 is 11.6 Å². The lowest BCUT2D eigenvalue weighted by atomic mass is 9.84. The number of oxime groups is 1. The Labute approximate surface area is 173 Å². The Morgan fingerprint density at radius 3 is 2.69 bits per heavy atom. The zero-order valence-electron chi connectivity index (χ0n) is 15.8. The van der Waals surface area contributed by atoms with Crippen molar-refractivity contribution in [3.05, 3.63) is 70.2 Å². The first kappa shape index (κ1) is 19.8. The zero-order chi connectivity index (χ0) is 20.4. The van der Waals surface area contributed by atoms with Crippen LogP contribution in [0, 0.1) is 17.6 Å². The molecule has 0 spiro atoms. The van der Waals surface area contributed by atoms with Gasteiger partial charge in [0.2, 0.25) is 5.91 Å². The number of hydrogen-bond donors (Lipinski definition) is 0. The Bertz CT molecular complexity index is 946. The summed E-state index contributed by atoms with van der Waals surface area (Å²) in [5.74, 6) is -1.19. The molecule has 0 aromatic heterocycles. The van der Waals surface area contributed by atoms with E-state index in [1.807, 2.05) is 18.2 Å². The van der Waals surface area contributed by atoms with Crippen molar-refractivity contribution in [2.24, 2.45) is 11.1 Å². The van der Waals surface area contributed by atoms with Gasteiger partial charge in [0.1, 0.15) is 11.6 Å². The monoisotopic (exact) mass is 418 g/mol. The highest BCUT2D eigenvalue weighted by Gasteiger charge is 2.33. The largest absolute Gasteiger partial charge is 0.390 e. The van der Waals surface area contributed by atoms with Crippen molar-refractivity contribution in [2.45, 2.75) is 38.3 Å². The van der Waals surface area contributed by atoms with Gasteiger partial charge < -0.3 is 9.74 Å². The molecule has 7 heteroatoms. The molecule has 0 radical (unpaired) electrons. The molecule has 0 saturated heterocycles. The number of hydrogen-bond acceptors (Lipinski definition) is 3. The van der Waals surface area contributed by atoms with E-state index in [9.17, 15) is 13.6 Å². The number of nitrogens with zero attached hydrogens (tertiary/aromatic N) is 2. The molecule has 1 atom stereocenters. The summed E-state index contributed by atoms with van der Waals surface area (Å²) in [4.78, 5) is 20.2. The lowest BCUT2D eigenvalue weighted by molar-refractivity contribution is -0.140. The van der Waals surface area contributed by atoms with Gasteiger partial charge in [-0.25, -0.2) is 8.78 Å². The van der Waals surface area contributed by atoms with Crippen LogP contribution < -0.4 is 0 Å². The fourth-order valence-corrected chi connectivity index (χ4v) is 3.83. The SMILES string of the molecule is O=C(C1CCC1)N(Cc1ccccc1Cl)CC1CC(c2ccc(F)cc2F)=NO1. The van der Waals surface area contributed by atoms with Gasteiger partial charge in [0.25, 0.3) is 0 Å². The van der Waals surface area contributed by atoms with Crippen LogP contribution >= 0.6 is 11.6 Å². The first-order chi connectivity index (χ1) is 14.0. The Morgan fingerprint density at radius 2 is 2.00 bits per heavy atom. The second-order valence-electron chi connectivity index (χ2n) is 7.53. The topological polar surface area (TPSA) is 41.9 Å². The summed E-state index contributed by atoms with van der Waals surface area (Å²) in [5.41, 5.74) is 1.50. The van der Waals surface area contributed by atoms with Crippen molar-refractivity contribution < 1.29 is 18.4 Å². The van der Waals surface area contributed by atoms with Gasteiger partial charge in [-0.2, -0.15) is 0 Å². The quantitative estimate of drug-likeness (QED) is 0.666. The van der Waals surface area contributed by atoms with E-state index in [-0.39, 0.29) is 23.5 Å². The minimum Gasteiger partial charge on any atom is -0.390 e. The summed E-state index contributed by atoms with van der Waals surface area (Å²) in [6.45, 7) is 0.714. The normalized spacial score (nSPS) is 18.7. The summed E-state index contributed by atoms with van der Waals surface area (Å²) in [7, 11) is 0. The van der Waals surface area contributed by atoms with Gasteiger partial charge in [0.05, 0.1) is 12.3 Å². The first-order valence-electron chi connectivity index (χ1n) is 9.71. The molecule has 4 nitrogen and oxygen atoms in total. The highest BCUT2D eigenvalue weighted by Crippen LogP contribution is 2.30. The molecule has 2 aromatic rings. The molecular formula is C22H21ClF2N2O2. The van der Waals surface area contributed by atoms with E-state index in [4.69, 9.17) is 16.4 Å². The summed E-state index contributed by atoms with van der Waals surface area (Å²) >= 11 is 6.29. The predicted molar refractivity (Wildman–Crippen MR) is 107 cm³/mol. The number of carbonyl (C=O) groups is 1. The number of benzene rings is 2. The molecule has 1 unspecified atom stereocenters. The zero-order valence-corrected chi connectivity index (χ0v) is 16.5. The molecule has 0 N–H and O–H groups in total. The average molecular weight is 419 g/mol. The maximum Gasteiger partial charge on any atom is 0.226 e. The van der Waals surface area contributed by atoms with Crippen molar-refractivity contribution in [2.75, 3.05) is 6.54 Å². The van der Waals surface area contributed by atoms with E-state index in [1.165, 1.54) is 12.1 Å². The van der Waals surface area contributed by atoms with Crippen LogP contribution in [0.25, 0.3) is 0 Å². The van der Waals surface area contributed by atoms with Gasteiger partial charge in [-0.3, -0.25) is 4.79 Å². The van der Waals surface area contributed by atoms with Crippen LogP contribution in [0.5, 0.6) is 0 Å². The van der Waals surface area contributed by atoms with Crippen LogP contribution in [-0.4, -0.2) is 29.2 Å². The van der Waals surface area contributed by atoms with Crippen molar-refractivity contribution in [3.63, 3.8) is 0 Å². The second-order valence-corrected chi connectivity index (χ2v) is 7.94. The van der Waals surface area contributed by atoms with Crippen LogP contribution in [0.15, 0.2) is 47.6 Å². The smallest absolute Gasteiger partial charge is 0.226 e. The highest BCUT2D eigenvalue weighted by atomic mass is 35.5. The third kappa shape index (κ3) is 4.42. The summed E-state index contributed by atoms with van der Waals surface area (Å²) < 4.78 is 27.2. The van der Waals surface area contributed by atoms with Gasteiger partial charge in [0, 0.05) is 35.5 Å². The predicted octanol–water partition coefficient (Wildman–Crippen LogP) is 4.94. The summed E-state index contributed by atoms with van der Waals surface area (Å²) in [6.07, 6.45) is 2.81. The van der Waals surface area contributed by atoms with E-state index in [1.54, 1.807) is 11.0 Å². The van der Waals surface area contributed by atoms with E-state index in [0.717, 1.165) is 30.9 Å². The van der Waals surface area contributed by atoms with Crippen molar-refractivity contribution in [1.29, 1.82) is 0 Å².